The van der Waals surface area contributed by atoms with Gasteiger partial charge < -0.3 is 4.74 Å². The maximum atomic E-state index is 11.8. The van der Waals surface area contributed by atoms with Crippen LogP contribution in [-0.2, 0) is 39.9 Å². The number of rotatable bonds is 15. The number of thioether (sulfide) groups is 2. The standard InChI is InChI=1S/C48H40O11S6/c1-32-5-7-35(8-6-32)46-29-39(33-11-19-43(20-12-33)63(50,51)52)27-41(61-46)17-9-37-3-2-4-38(48(37)60-26-25-59-31-49)10-18-42-28-40(34-13-21-44(22-14-34)64(53,54)55)30-47(62-42)36-15-23-45(24-16-36)65(56,57)58/h5-24,27-31H,2-4,25-26H2,1H3,(H2-,50,51,52,53,54,55,56,57,58)/p+1. The second kappa shape index (κ2) is 20.5. The molecule has 7 rings (SSSR count). The summed E-state index contributed by atoms with van der Waals surface area (Å²) in [5.74, 6) is 0.513. The lowest BCUT2D eigenvalue weighted by Gasteiger charge is -2.21. The van der Waals surface area contributed by atoms with Gasteiger partial charge in [0.25, 0.3) is 36.8 Å². The first-order valence-electron chi connectivity index (χ1n) is 19.9. The van der Waals surface area contributed by atoms with E-state index in [9.17, 15) is 43.7 Å². The zero-order valence-electron chi connectivity index (χ0n) is 34.5. The van der Waals surface area contributed by atoms with Crippen molar-refractivity contribution >= 4 is 88.2 Å². The van der Waals surface area contributed by atoms with Crippen LogP contribution in [0.2, 0.25) is 0 Å². The van der Waals surface area contributed by atoms with Crippen LogP contribution in [0.4, 0.5) is 0 Å². The summed E-state index contributed by atoms with van der Waals surface area (Å²) in [6.45, 7) is 2.67. The van der Waals surface area contributed by atoms with Gasteiger partial charge in [-0.1, -0.05) is 78.0 Å². The molecular formula is C48H41O11S6+. The predicted molar refractivity (Wildman–Crippen MR) is 261 cm³/mol. The summed E-state index contributed by atoms with van der Waals surface area (Å²) < 4.78 is 104. The molecule has 0 saturated heterocycles. The molecular weight excluding hydrogens is 945 g/mol. The number of benzene rings is 4. The fourth-order valence-electron chi connectivity index (χ4n) is 6.99. The van der Waals surface area contributed by atoms with E-state index in [1.807, 2.05) is 43.4 Å². The summed E-state index contributed by atoms with van der Waals surface area (Å²) in [6, 6.07) is 30.1. The van der Waals surface area contributed by atoms with Gasteiger partial charge in [-0.3, -0.25) is 18.5 Å². The molecule has 1 aromatic heterocycles. The lowest BCUT2D eigenvalue weighted by Crippen LogP contribution is -2.03. The Morgan fingerprint density at radius 3 is 1.82 bits per heavy atom. The molecule has 65 heavy (non-hydrogen) atoms. The van der Waals surface area contributed by atoms with Crippen LogP contribution < -0.4 is 0 Å². The van der Waals surface area contributed by atoms with Gasteiger partial charge in [0.05, 0.1) is 14.7 Å². The summed E-state index contributed by atoms with van der Waals surface area (Å²) in [5.41, 5.74) is 8.03. The molecule has 0 radical (unpaired) electrons. The van der Waals surface area contributed by atoms with Gasteiger partial charge in [0.15, 0.2) is 0 Å². The average Bonchev–Trinajstić information content (AvgIpc) is 3.28. The fourth-order valence-corrected chi connectivity index (χ4v) is 11.6. The monoisotopic (exact) mass is 985 g/mol. The Bertz CT molecular complexity index is 3150. The van der Waals surface area contributed by atoms with Crippen molar-refractivity contribution in [3.05, 3.63) is 182 Å². The maximum absolute atomic E-state index is 11.8. The number of hydrogen-bond donors (Lipinski definition) is 3. The summed E-state index contributed by atoms with van der Waals surface area (Å²) >= 11 is 4.64. The van der Waals surface area contributed by atoms with Gasteiger partial charge in [0.1, 0.15) is 6.61 Å². The van der Waals surface area contributed by atoms with Gasteiger partial charge in [0.2, 0.25) is 21.1 Å². The molecule has 1 aliphatic carbocycles. The minimum Gasteiger partial charge on any atom is -0.467 e. The first-order valence-corrected chi connectivity index (χ1v) is 26.8. The molecule has 1 aliphatic heterocycles. The van der Waals surface area contributed by atoms with E-state index in [0.717, 1.165) is 82.7 Å². The zero-order valence-corrected chi connectivity index (χ0v) is 39.4. The van der Waals surface area contributed by atoms with Crippen LogP contribution in [0.5, 0.6) is 0 Å². The molecule has 0 bridgehead atoms. The fraction of sp³-hybridized carbons (Fsp3) is 0.125. The van der Waals surface area contributed by atoms with Gasteiger partial charge in [0, 0.05) is 44.2 Å². The number of carbonyl (C=O) groups excluding carboxylic acids is 1. The van der Waals surface area contributed by atoms with Crippen molar-refractivity contribution in [2.75, 3.05) is 12.4 Å². The SMILES string of the molecule is Cc1ccc(-c2cc(-c3ccc(S(=O)(=O)O)cc3)cc(/C=C/C3=C(SCCOC=O)C(=C/C=C4\C=C(c5ccc(S(=O)(=O)O)cc5)C=C(c5ccc(S(=O)(=O)O)cc5)S4)/CCC3)[s+]2)cc1. The topological polar surface area (TPSA) is 189 Å². The minimum atomic E-state index is -4.41. The minimum absolute atomic E-state index is 0.192. The Hall–Kier alpha value is -5.21. The smallest absolute Gasteiger partial charge is 0.294 e. The van der Waals surface area contributed by atoms with Gasteiger partial charge in [-0.05, 0) is 132 Å². The molecule has 0 spiro atoms. The third-order valence-electron chi connectivity index (χ3n) is 10.3. The predicted octanol–water partition coefficient (Wildman–Crippen LogP) is 11.5. The van der Waals surface area contributed by atoms with E-state index in [1.165, 1.54) is 48.2 Å². The van der Waals surface area contributed by atoms with E-state index < -0.39 is 30.4 Å². The normalized spacial score (nSPS) is 16.2. The van der Waals surface area contributed by atoms with Crippen LogP contribution in [0, 0.1) is 6.92 Å². The van der Waals surface area contributed by atoms with E-state index >= 15 is 0 Å². The first kappa shape index (κ1) is 47.7. The van der Waals surface area contributed by atoms with Crippen LogP contribution in [0.3, 0.4) is 0 Å². The highest BCUT2D eigenvalue weighted by Gasteiger charge is 2.22. The van der Waals surface area contributed by atoms with Crippen molar-refractivity contribution in [2.24, 2.45) is 0 Å². The third kappa shape index (κ3) is 12.6. The molecule has 0 amide bonds. The second-order valence-corrected chi connectivity index (χ2v) is 22.4. The summed E-state index contributed by atoms with van der Waals surface area (Å²) in [4.78, 5) is 14.9. The van der Waals surface area contributed by atoms with Gasteiger partial charge >= 0.3 is 0 Å². The maximum Gasteiger partial charge on any atom is 0.294 e. The van der Waals surface area contributed by atoms with Gasteiger partial charge in [-0.25, -0.2) is 0 Å². The van der Waals surface area contributed by atoms with E-state index in [-0.39, 0.29) is 21.3 Å². The van der Waals surface area contributed by atoms with Crippen molar-refractivity contribution in [1.29, 1.82) is 0 Å². The zero-order chi connectivity index (χ0) is 46.4. The molecule has 17 heteroatoms. The van der Waals surface area contributed by atoms with E-state index in [2.05, 4.69) is 36.4 Å². The van der Waals surface area contributed by atoms with Crippen LogP contribution in [0.1, 0.15) is 40.8 Å². The molecule has 0 fully saturated rings. The van der Waals surface area contributed by atoms with E-state index in [4.69, 9.17) is 4.74 Å². The lowest BCUT2D eigenvalue weighted by atomic mass is 9.94. The van der Waals surface area contributed by atoms with Crippen LogP contribution in [-0.4, -0.2) is 57.7 Å². The molecule has 0 unspecified atom stereocenters. The molecule has 11 nitrogen and oxygen atoms in total. The highest BCUT2D eigenvalue weighted by Crippen LogP contribution is 2.44. The summed E-state index contributed by atoms with van der Waals surface area (Å²) in [5, 5.41) is 0. The molecule has 4 aromatic carbocycles. The molecule has 0 saturated carbocycles. The van der Waals surface area contributed by atoms with E-state index in [1.54, 1.807) is 59.5 Å². The Morgan fingerprint density at radius 1 is 0.662 bits per heavy atom. The number of carbonyl (C=O) groups is 1. The van der Waals surface area contributed by atoms with Crippen LogP contribution in [0.25, 0.3) is 38.1 Å². The van der Waals surface area contributed by atoms with Gasteiger partial charge in [-0.15, -0.1) is 11.8 Å². The largest absolute Gasteiger partial charge is 0.467 e. The summed E-state index contributed by atoms with van der Waals surface area (Å²) in [7, 11) is -13.2. The van der Waals surface area contributed by atoms with Crippen LogP contribution in [0.15, 0.2) is 175 Å². The Kier molecular flexibility index (Phi) is 15.1. The molecule has 0 atom stereocenters. The number of allylic oxidation sites excluding steroid dienone is 8. The molecule has 3 N–H and O–H groups in total. The first-order chi connectivity index (χ1) is 30.9. The van der Waals surface area contributed by atoms with Crippen molar-refractivity contribution in [3.8, 4) is 21.6 Å². The lowest BCUT2D eigenvalue weighted by molar-refractivity contribution is -0.128. The van der Waals surface area contributed by atoms with Crippen molar-refractivity contribution in [3.63, 3.8) is 0 Å². The van der Waals surface area contributed by atoms with E-state index in [0.29, 0.717) is 23.4 Å². The Balaban J connectivity index is 1.28. The van der Waals surface area contributed by atoms with Crippen molar-refractivity contribution in [2.45, 2.75) is 40.9 Å². The van der Waals surface area contributed by atoms with Crippen molar-refractivity contribution < 1.29 is 48.4 Å². The number of ether oxygens (including phenoxy) is 1. The van der Waals surface area contributed by atoms with Crippen molar-refractivity contribution in [1.82, 2.24) is 0 Å². The quantitative estimate of drug-likeness (QED) is 0.0389. The second-order valence-electron chi connectivity index (χ2n) is 14.8. The molecule has 5 aromatic rings. The average molecular weight is 986 g/mol. The Labute approximate surface area is 391 Å². The highest BCUT2D eigenvalue weighted by molar-refractivity contribution is 8.12. The molecule has 2 aliphatic rings. The summed E-state index contributed by atoms with van der Waals surface area (Å²) in [6.07, 6.45) is 14.5. The number of hydrogen-bond acceptors (Lipinski definition) is 10. The molecule has 2 heterocycles. The number of aryl methyl sites for hydroxylation is 1. The van der Waals surface area contributed by atoms with Crippen LogP contribution >= 0.6 is 34.9 Å². The van der Waals surface area contributed by atoms with Gasteiger partial charge in [-0.2, -0.15) is 25.3 Å². The third-order valence-corrected chi connectivity index (χ3v) is 16.2. The molecule has 334 valence electrons. The highest BCUT2D eigenvalue weighted by atomic mass is 32.2. The Morgan fingerprint density at radius 2 is 1.23 bits per heavy atom.